The summed E-state index contributed by atoms with van der Waals surface area (Å²) in [6, 6.07) is 0. The van der Waals surface area contributed by atoms with Crippen molar-refractivity contribution in [3.05, 3.63) is 0 Å². The Balaban J connectivity index is 5.52. The molecule has 0 spiro atoms. The number of rotatable bonds is 8. The summed E-state index contributed by atoms with van der Waals surface area (Å²) in [5, 5.41) is -11.5. The molecule has 0 N–H and O–H groups in total. The van der Waals surface area contributed by atoms with E-state index < -0.39 is 60.6 Å². The molecule has 23 heavy (non-hydrogen) atoms. The number of alkyl halides is 12. The molecular weight excluding hydrogens is 388 g/mol. The molecule has 0 saturated carbocycles. The molecule has 0 rings (SSSR count). The summed E-state index contributed by atoms with van der Waals surface area (Å²) >= 11 is -2.44. The van der Waals surface area contributed by atoms with E-state index in [0.29, 0.717) is 0 Å². The molecule has 0 aromatic rings. The van der Waals surface area contributed by atoms with Crippen LogP contribution in [-0.2, 0) is 9.47 Å². The van der Waals surface area contributed by atoms with Crippen LogP contribution in [0, 0.1) is 0 Å². The smallest absolute Gasteiger partial charge is 0.330 e. The van der Waals surface area contributed by atoms with E-state index in [1.807, 2.05) is 0 Å². The molecular formula is C8H6F12O2S. The van der Waals surface area contributed by atoms with Crippen molar-refractivity contribution in [1.82, 2.24) is 0 Å². The molecule has 0 aliphatic rings. The van der Waals surface area contributed by atoms with Gasteiger partial charge in [-0.15, -0.1) is 0 Å². The zero-order valence-corrected chi connectivity index (χ0v) is 11.1. The molecule has 0 aliphatic carbocycles. The van der Waals surface area contributed by atoms with Crippen LogP contribution < -0.4 is 0 Å². The minimum absolute atomic E-state index is 2.44. The summed E-state index contributed by atoms with van der Waals surface area (Å²) in [4.78, 5) is 0. The Bertz CT molecular complexity index is 333. The van der Waals surface area contributed by atoms with Crippen molar-refractivity contribution < 1.29 is 62.2 Å². The van der Waals surface area contributed by atoms with Crippen LogP contribution in [0.4, 0.5) is 52.7 Å². The van der Waals surface area contributed by atoms with E-state index >= 15 is 0 Å². The minimum Gasteiger partial charge on any atom is -0.330 e. The summed E-state index contributed by atoms with van der Waals surface area (Å²) in [6.07, 6.45) is -21.1. The summed E-state index contributed by atoms with van der Waals surface area (Å²) in [7, 11) is 0. The lowest BCUT2D eigenvalue weighted by atomic mass is 10.3. The zero-order chi connectivity index (χ0) is 18.7. The van der Waals surface area contributed by atoms with Gasteiger partial charge < -0.3 is 9.47 Å². The highest BCUT2D eigenvalue weighted by atomic mass is 32.2. The van der Waals surface area contributed by atoms with Gasteiger partial charge in [-0.1, -0.05) is 0 Å². The highest BCUT2D eigenvalue weighted by Crippen LogP contribution is 2.52. The highest BCUT2D eigenvalue weighted by Gasteiger charge is 2.66. The number of ether oxygens (including phenoxy) is 2. The van der Waals surface area contributed by atoms with Gasteiger partial charge >= 0.3 is 22.9 Å². The molecule has 0 amide bonds. The van der Waals surface area contributed by atoms with Crippen LogP contribution in [0.5, 0.6) is 0 Å². The quantitative estimate of drug-likeness (QED) is 0.559. The average Bonchev–Trinajstić information content (AvgIpc) is 2.28. The summed E-state index contributed by atoms with van der Waals surface area (Å²) in [6.45, 7) is -4.95. The summed E-state index contributed by atoms with van der Waals surface area (Å²) in [5.74, 6) is 0. The normalized spacial score (nSPS) is 17.2. The molecule has 0 radical (unpaired) electrons. The third-order valence-corrected chi connectivity index (χ3v) is 2.91. The van der Waals surface area contributed by atoms with Gasteiger partial charge in [-0.25, -0.2) is 8.78 Å². The van der Waals surface area contributed by atoms with Gasteiger partial charge in [0.15, 0.2) is 13.7 Å². The van der Waals surface area contributed by atoms with E-state index in [1.165, 1.54) is 0 Å². The van der Waals surface area contributed by atoms with Gasteiger partial charge in [0.1, 0.15) is 0 Å². The Kier molecular flexibility index (Phi) is 7.36. The van der Waals surface area contributed by atoms with Crippen LogP contribution in [-0.4, -0.2) is 48.8 Å². The van der Waals surface area contributed by atoms with Crippen LogP contribution >= 0.6 is 11.8 Å². The Morgan fingerprint density at radius 2 is 0.870 bits per heavy atom. The van der Waals surface area contributed by atoms with Gasteiger partial charge in [-0.05, 0) is 11.8 Å². The fourth-order valence-corrected chi connectivity index (χ4v) is 2.16. The van der Waals surface area contributed by atoms with Crippen molar-refractivity contribution >= 4 is 11.8 Å². The molecule has 2 unspecified atom stereocenters. The third-order valence-electron chi connectivity index (χ3n) is 1.94. The molecule has 140 valence electrons. The lowest BCUT2D eigenvalue weighted by Crippen LogP contribution is -2.51. The van der Waals surface area contributed by atoms with Crippen LogP contribution in [0.1, 0.15) is 0 Å². The Morgan fingerprint density at radius 3 is 1.04 bits per heavy atom. The molecule has 0 fully saturated rings. The van der Waals surface area contributed by atoms with Crippen LogP contribution in [0.3, 0.4) is 0 Å². The maximum atomic E-state index is 13.2. The number of halogens is 12. The van der Waals surface area contributed by atoms with E-state index in [-0.39, 0.29) is 0 Å². The summed E-state index contributed by atoms with van der Waals surface area (Å²) in [5.41, 5.74) is 0. The lowest BCUT2D eigenvalue weighted by Gasteiger charge is -2.33. The highest BCUT2D eigenvalue weighted by molar-refractivity contribution is 8.01. The van der Waals surface area contributed by atoms with Crippen molar-refractivity contribution in [3.63, 3.8) is 0 Å². The van der Waals surface area contributed by atoms with Gasteiger partial charge in [-0.3, -0.25) is 0 Å². The van der Waals surface area contributed by atoms with Crippen molar-refractivity contribution in [2.75, 3.05) is 13.7 Å². The lowest BCUT2D eigenvalue weighted by molar-refractivity contribution is -0.278. The Labute approximate surface area is 124 Å². The maximum absolute atomic E-state index is 13.2. The maximum Gasteiger partial charge on any atom is 0.421 e. The number of hydrogen-bond acceptors (Lipinski definition) is 3. The molecule has 2 nitrogen and oxygen atoms in total. The van der Waals surface area contributed by atoms with E-state index in [2.05, 4.69) is 9.47 Å². The van der Waals surface area contributed by atoms with Crippen molar-refractivity contribution in [2.45, 2.75) is 35.1 Å². The molecule has 0 aromatic carbocycles. The van der Waals surface area contributed by atoms with Gasteiger partial charge in [-0.2, -0.15) is 43.9 Å². The van der Waals surface area contributed by atoms with Gasteiger partial charge in [0, 0.05) is 0 Å². The Morgan fingerprint density at radius 1 is 0.609 bits per heavy atom. The number of thioether (sulfide) groups is 1. The fraction of sp³-hybridized carbons (Fsp3) is 1.00. The third kappa shape index (κ3) is 6.45. The molecule has 0 bridgehead atoms. The van der Waals surface area contributed by atoms with E-state index in [0.717, 1.165) is 0 Å². The van der Waals surface area contributed by atoms with Crippen LogP contribution in [0.15, 0.2) is 0 Å². The van der Waals surface area contributed by atoms with E-state index in [4.69, 9.17) is 0 Å². The molecule has 2 atom stereocenters. The average molecular weight is 394 g/mol. The van der Waals surface area contributed by atoms with E-state index in [9.17, 15) is 52.7 Å². The SMILES string of the molecule is FCOC(C(F)(F)F)C(F)(F)SC(F)(F)C(OCF)C(F)(F)F. The first-order chi connectivity index (χ1) is 10.1. The standard InChI is InChI=1S/C8H6F12O2S/c9-1-21-3(5(11,12)13)7(17,18)23-8(19,20)4(22-2-10)6(14,15)16/h3-4H,1-2H2. The zero-order valence-electron chi connectivity index (χ0n) is 10.3. The second kappa shape index (κ2) is 7.55. The van der Waals surface area contributed by atoms with Crippen molar-refractivity contribution in [1.29, 1.82) is 0 Å². The second-order valence-electron chi connectivity index (χ2n) is 3.62. The fourth-order valence-electron chi connectivity index (χ4n) is 1.18. The minimum atomic E-state index is -6.08. The van der Waals surface area contributed by atoms with Crippen LogP contribution in [0.2, 0.25) is 0 Å². The largest absolute Gasteiger partial charge is 0.421 e. The predicted molar refractivity (Wildman–Crippen MR) is 51.3 cm³/mol. The van der Waals surface area contributed by atoms with Gasteiger partial charge in [0.25, 0.3) is 0 Å². The van der Waals surface area contributed by atoms with Gasteiger partial charge in [0.05, 0.1) is 0 Å². The van der Waals surface area contributed by atoms with Crippen molar-refractivity contribution in [3.8, 4) is 0 Å². The first-order valence-electron chi connectivity index (χ1n) is 5.04. The molecule has 0 heterocycles. The topological polar surface area (TPSA) is 18.5 Å². The first-order valence-corrected chi connectivity index (χ1v) is 5.85. The second-order valence-corrected chi connectivity index (χ2v) is 4.91. The molecule has 0 saturated heterocycles. The predicted octanol–water partition coefficient (Wildman–Crippen LogP) is 4.65. The Hall–Kier alpha value is -0.570. The van der Waals surface area contributed by atoms with E-state index in [1.54, 1.807) is 0 Å². The molecule has 15 heteroatoms. The molecule has 0 aliphatic heterocycles. The monoisotopic (exact) mass is 394 g/mol. The summed E-state index contributed by atoms with van der Waals surface area (Å²) < 4.78 is 155. The first kappa shape index (κ1) is 22.4. The van der Waals surface area contributed by atoms with Crippen LogP contribution in [0.25, 0.3) is 0 Å². The van der Waals surface area contributed by atoms with Crippen molar-refractivity contribution in [2.24, 2.45) is 0 Å². The number of hydrogen-bond donors (Lipinski definition) is 0. The molecule has 0 aromatic heterocycles. The van der Waals surface area contributed by atoms with Gasteiger partial charge in [0.2, 0.25) is 12.2 Å².